The number of nitrogens with zero attached hydrogens (tertiary/aromatic N) is 1. The van der Waals surface area contributed by atoms with Gasteiger partial charge in [-0.2, -0.15) is 0 Å². The van der Waals surface area contributed by atoms with Crippen LogP contribution in [0.2, 0.25) is 0 Å². The molecule has 1 aliphatic heterocycles. The Hall–Kier alpha value is -3.02. The fourth-order valence-electron chi connectivity index (χ4n) is 3.76. The van der Waals surface area contributed by atoms with E-state index < -0.39 is 0 Å². The van der Waals surface area contributed by atoms with Crippen LogP contribution in [0.15, 0.2) is 36.4 Å². The first-order valence-electron chi connectivity index (χ1n) is 9.80. The van der Waals surface area contributed by atoms with Crippen LogP contribution in [-0.2, 0) is 16.1 Å². The van der Waals surface area contributed by atoms with Crippen LogP contribution in [0.25, 0.3) is 11.1 Å². The fourth-order valence-corrected chi connectivity index (χ4v) is 3.76. The highest BCUT2D eigenvalue weighted by Gasteiger charge is 2.33. The second kappa shape index (κ2) is 9.45. The summed E-state index contributed by atoms with van der Waals surface area (Å²) in [5.41, 5.74) is 3.53. The summed E-state index contributed by atoms with van der Waals surface area (Å²) in [7, 11) is 4.60. The van der Waals surface area contributed by atoms with Gasteiger partial charge in [0.05, 0.1) is 21.3 Å². The van der Waals surface area contributed by atoms with Crippen molar-refractivity contribution in [1.29, 1.82) is 0 Å². The third-order valence-electron chi connectivity index (χ3n) is 5.24. The third-order valence-corrected chi connectivity index (χ3v) is 5.24. The molecule has 0 atom stereocenters. The summed E-state index contributed by atoms with van der Waals surface area (Å²) >= 11 is 0. The van der Waals surface area contributed by atoms with Crippen LogP contribution in [0.1, 0.15) is 41.6 Å². The van der Waals surface area contributed by atoms with Crippen molar-refractivity contribution in [3.63, 3.8) is 0 Å². The Labute approximate surface area is 171 Å². The zero-order valence-electron chi connectivity index (χ0n) is 17.2. The molecule has 0 radical (unpaired) electrons. The number of hydrogen-bond acceptors (Lipinski definition) is 5. The van der Waals surface area contributed by atoms with Crippen molar-refractivity contribution >= 4 is 11.9 Å². The number of methoxy groups -OCH3 is 3. The molecular weight excluding hydrogens is 370 g/mol. The lowest BCUT2D eigenvalue weighted by Gasteiger charge is -2.17. The molecule has 0 N–H and O–H groups in total. The van der Waals surface area contributed by atoms with E-state index in [1.165, 1.54) is 7.11 Å². The van der Waals surface area contributed by atoms with Gasteiger partial charge in [0.1, 0.15) is 0 Å². The molecule has 0 fully saturated rings. The smallest absolute Gasteiger partial charge is 0.305 e. The Bertz CT molecular complexity index is 879. The molecule has 0 bridgehead atoms. The van der Waals surface area contributed by atoms with Crippen LogP contribution in [0.3, 0.4) is 0 Å². The minimum Gasteiger partial charge on any atom is -0.493 e. The molecule has 1 aliphatic rings. The van der Waals surface area contributed by atoms with Gasteiger partial charge >= 0.3 is 5.97 Å². The number of esters is 1. The van der Waals surface area contributed by atoms with Crippen molar-refractivity contribution in [3.8, 4) is 22.6 Å². The molecule has 0 spiro atoms. The van der Waals surface area contributed by atoms with Gasteiger partial charge in [-0.05, 0) is 30.0 Å². The molecule has 1 amide bonds. The molecule has 0 saturated carbocycles. The summed E-state index contributed by atoms with van der Waals surface area (Å²) in [5.74, 6) is 1.01. The first-order chi connectivity index (χ1) is 14.1. The van der Waals surface area contributed by atoms with E-state index in [9.17, 15) is 9.59 Å². The van der Waals surface area contributed by atoms with Crippen molar-refractivity contribution in [1.82, 2.24) is 4.90 Å². The first-order valence-corrected chi connectivity index (χ1v) is 9.80. The van der Waals surface area contributed by atoms with E-state index in [1.807, 2.05) is 35.2 Å². The van der Waals surface area contributed by atoms with Gasteiger partial charge in [0.25, 0.3) is 5.91 Å². The van der Waals surface area contributed by atoms with E-state index in [2.05, 4.69) is 4.74 Å². The van der Waals surface area contributed by atoms with E-state index in [1.54, 1.807) is 20.3 Å². The van der Waals surface area contributed by atoms with Gasteiger partial charge in [-0.3, -0.25) is 9.59 Å². The van der Waals surface area contributed by atoms with Crippen LogP contribution in [-0.4, -0.2) is 44.7 Å². The number of rotatable bonds is 9. The van der Waals surface area contributed by atoms with Gasteiger partial charge < -0.3 is 19.1 Å². The van der Waals surface area contributed by atoms with Gasteiger partial charge in [0.15, 0.2) is 11.5 Å². The number of ether oxygens (including phenoxy) is 3. The maximum atomic E-state index is 13.0. The molecule has 2 aromatic rings. The van der Waals surface area contributed by atoms with E-state index in [0.717, 1.165) is 36.0 Å². The lowest BCUT2D eigenvalue weighted by atomic mass is 9.95. The van der Waals surface area contributed by atoms with Crippen LogP contribution < -0.4 is 9.47 Å². The number of unbranched alkanes of at least 4 members (excludes halogenated alkanes) is 2. The van der Waals surface area contributed by atoms with E-state index in [-0.39, 0.29) is 11.9 Å². The SMILES string of the molecule is COC(=O)CCCCCN1Cc2c(cc(OC)c(OC)c2-c2ccccc2)C1=O. The number of hydrogen-bond donors (Lipinski definition) is 0. The lowest BCUT2D eigenvalue weighted by Crippen LogP contribution is -2.25. The number of carbonyl (C=O) groups excluding carboxylic acids is 2. The van der Waals surface area contributed by atoms with E-state index >= 15 is 0 Å². The second-order valence-corrected chi connectivity index (χ2v) is 6.99. The van der Waals surface area contributed by atoms with Crippen molar-refractivity contribution < 1.29 is 23.8 Å². The molecule has 0 aromatic heterocycles. The number of amides is 1. The highest BCUT2D eigenvalue weighted by Crippen LogP contribution is 2.45. The average molecular weight is 397 g/mol. The predicted octanol–water partition coefficient (Wildman–Crippen LogP) is 4.06. The van der Waals surface area contributed by atoms with Crippen LogP contribution in [0, 0.1) is 0 Å². The molecule has 29 heavy (non-hydrogen) atoms. The summed E-state index contributed by atoms with van der Waals surface area (Å²) < 4.78 is 15.8. The zero-order chi connectivity index (χ0) is 20.8. The van der Waals surface area contributed by atoms with Gasteiger partial charge in [-0.1, -0.05) is 36.8 Å². The maximum Gasteiger partial charge on any atom is 0.305 e. The fraction of sp³-hybridized carbons (Fsp3) is 0.391. The lowest BCUT2D eigenvalue weighted by molar-refractivity contribution is -0.140. The highest BCUT2D eigenvalue weighted by molar-refractivity contribution is 6.02. The van der Waals surface area contributed by atoms with Crippen molar-refractivity contribution in [2.24, 2.45) is 0 Å². The first kappa shape index (κ1) is 20.7. The largest absolute Gasteiger partial charge is 0.493 e. The highest BCUT2D eigenvalue weighted by atomic mass is 16.5. The van der Waals surface area contributed by atoms with Gasteiger partial charge in [-0.25, -0.2) is 0 Å². The average Bonchev–Trinajstić information content (AvgIpc) is 3.07. The summed E-state index contributed by atoms with van der Waals surface area (Å²) in [6.07, 6.45) is 2.88. The molecule has 0 aliphatic carbocycles. The van der Waals surface area contributed by atoms with E-state index in [0.29, 0.717) is 36.6 Å². The van der Waals surface area contributed by atoms with Crippen LogP contribution >= 0.6 is 0 Å². The van der Waals surface area contributed by atoms with Gasteiger partial charge in [-0.15, -0.1) is 0 Å². The Morgan fingerprint density at radius 1 is 1.03 bits per heavy atom. The Morgan fingerprint density at radius 2 is 1.79 bits per heavy atom. The molecule has 0 saturated heterocycles. The van der Waals surface area contributed by atoms with E-state index in [4.69, 9.17) is 9.47 Å². The minimum atomic E-state index is -0.193. The molecule has 6 nitrogen and oxygen atoms in total. The molecule has 6 heteroatoms. The Morgan fingerprint density at radius 3 is 2.45 bits per heavy atom. The number of benzene rings is 2. The zero-order valence-corrected chi connectivity index (χ0v) is 17.2. The normalized spacial score (nSPS) is 12.7. The molecule has 154 valence electrons. The topological polar surface area (TPSA) is 65.1 Å². The third kappa shape index (κ3) is 4.36. The summed E-state index contributed by atoms with van der Waals surface area (Å²) in [6, 6.07) is 11.7. The molecule has 0 unspecified atom stereocenters. The second-order valence-electron chi connectivity index (χ2n) is 6.99. The van der Waals surface area contributed by atoms with Gasteiger partial charge in [0, 0.05) is 30.6 Å². The quantitative estimate of drug-likeness (QED) is 0.472. The molecular formula is C23H27NO5. The Kier molecular flexibility index (Phi) is 6.75. The summed E-state index contributed by atoms with van der Waals surface area (Å²) in [4.78, 5) is 26.1. The van der Waals surface area contributed by atoms with Crippen molar-refractivity contribution in [2.75, 3.05) is 27.9 Å². The molecule has 3 rings (SSSR count). The van der Waals surface area contributed by atoms with Gasteiger partial charge in [0.2, 0.25) is 0 Å². The van der Waals surface area contributed by atoms with Crippen molar-refractivity contribution in [2.45, 2.75) is 32.2 Å². The van der Waals surface area contributed by atoms with Crippen LogP contribution in [0.4, 0.5) is 0 Å². The van der Waals surface area contributed by atoms with Crippen molar-refractivity contribution in [3.05, 3.63) is 47.5 Å². The standard InChI is InChI=1S/C23H27NO5/c1-27-19-14-17-18(21(22(19)29-3)16-10-6-4-7-11-16)15-24(23(17)26)13-9-5-8-12-20(25)28-2/h4,6-7,10-11,14H,5,8-9,12-13,15H2,1-3H3. The minimum absolute atomic E-state index is 0.00565. The summed E-state index contributed by atoms with van der Waals surface area (Å²) in [5, 5.41) is 0. The maximum absolute atomic E-state index is 13.0. The number of fused-ring (bicyclic) bond motifs is 1. The Balaban J connectivity index is 1.82. The molecule has 2 aromatic carbocycles. The van der Waals surface area contributed by atoms with Crippen LogP contribution in [0.5, 0.6) is 11.5 Å². The number of carbonyl (C=O) groups is 2. The summed E-state index contributed by atoms with van der Waals surface area (Å²) in [6.45, 7) is 1.18. The molecule has 1 heterocycles. The monoisotopic (exact) mass is 397 g/mol. The predicted molar refractivity (Wildman–Crippen MR) is 110 cm³/mol.